The highest BCUT2D eigenvalue weighted by Gasteiger charge is 2.11. The Morgan fingerprint density at radius 2 is 1.89 bits per heavy atom. The molecule has 1 nitrogen and oxygen atoms in total. The second kappa shape index (κ2) is 5.55. The zero-order valence-electron chi connectivity index (χ0n) is 10.7. The third-order valence-electron chi connectivity index (χ3n) is 3.11. The molecule has 0 saturated carbocycles. The van der Waals surface area contributed by atoms with Gasteiger partial charge in [-0.1, -0.05) is 47.5 Å². The summed E-state index contributed by atoms with van der Waals surface area (Å²) in [4.78, 5) is 0. The van der Waals surface area contributed by atoms with Crippen molar-refractivity contribution in [2.24, 2.45) is 0 Å². The van der Waals surface area contributed by atoms with Crippen LogP contribution >= 0.6 is 11.6 Å². The van der Waals surface area contributed by atoms with Gasteiger partial charge in [-0.15, -0.1) is 0 Å². The lowest BCUT2D eigenvalue weighted by molar-refractivity contribution is 0.177. The fourth-order valence-electron chi connectivity index (χ4n) is 2.12. The first-order chi connectivity index (χ1) is 8.56. The molecule has 1 unspecified atom stereocenters. The second-order valence-corrected chi connectivity index (χ2v) is 5.15. The first kappa shape index (κ1) is 13.1. The summed E-state index contributed by atoms with van der Waals surface area (Å²) in [5.74, 6) is 0. The molecular formula is C16H17ClO. The van der Waals surface area contributed by atoms with Gasteiger partial charge in [-0.25, -0.2) is 0 Å². The van der Waals surface area contributed by atoms with Gasteiger partial charge in [-0.2, -0.15) is 0 Å². The van der Waals surface area contributed by atoms with Crippen LogP contribution in [0.2, 0.25) is 5.02 Å². The van der Waals surface area contributed by atoms with Crippen LogP contribution in [-0.2, 0) is 6.42 Å². The molecule has 0 heterocycles. The number of benzene rings is 2. The van der Waals surface area contributed by atoms with E-state index in [4.69, 9.17) is 11.6 Å². The molecule has 1 atom stereocenters. The molecule has 0 aliphatic heterocycles. The molecule has 0 saturated heterocycles. The highest BCUT2D eigenvalue weighted by Crippen LogP contribution is 2.23. The minimum absolute atomic E-state index is 0.483. The van der Waals surface area contributed by atoms with Crippen molar-refractivity contribution in [3.63, 3.8) is 0 Å². The first-order valence-electron chi connectivity index (χ1n) is 6.06. The Kier molecular flexibility index (Phi) is 4.05. The summed E-state index contributed by atoms with van der Waals surface area (Å²) < 4.78 is 0. The van der Waals surface area contributed by atoms with Gasteiger partial charge in [-0.05, 0) is 42.7 Å². The molecule has 0 spiro atoms. The molecule has 18 heavy (non-hydrogen) atoms. The summed E-state index contributed by atoms with van der Waals surface area (Å²) >= 11 is 5.95. The van der Waals surface area contributed by atoms with Crippen LogP contribution in [0.3, 0.4) is 0 Å². The SMILES string of the molecule is Cc1ccc(C)c(C(O)Cc2cccc(Cl)c2)c1. The zero-order valence-corrected chi connectivity index (χ0v) is 11.4. The number of aliphatic hydroxyl groups excluding tert-OH is 1. The van der Waals surface area contributed by atoms with Crippen molar-refractivity contribution in [3.8, 4) is 0 Å². The molecule has 2 aromatic carbocycles. The molecule has 0 aliphatic rings. The molecule has 0 fully saturated rings. The summed E-state index contributed by atoms with van der Waals surface area (Å²) in [6.45, 7) is 4.06. The van der Waals surface area contributed by atoms with E-state index in [1.807, 2.05) is 50.2 Å². The van der Waals surface area contributed by atoms with E-state index in [9.17, 15) is 5.11 Å². The topological polar surface area (TPSA) is 20.2 Å². The largest absolute Gasteiger partial charge is 0.388 e. The second-order valence-electron chi connectivity index (χ2n) is 4.71. The summed E-state index contributed by atoms with van der Waals surface area (Å²) in [5.41, 5.74) is 4.33. The van der Waals surface area contributed by atoms with Gasteiger partial charge < -0.3 is 5.11 Å². The van der Waals surface area contributed by atoms with Gasteiger partial charge >= 0.3 is 0 Å². The molecular weight excluding hydrogens is 244 g/mol. The van der Waals surface area contributed by atoms with Crippen molar-refractivity contribution < 1.29 is 5.11 Å². The summed E-state index contributed by atoms with van der Waals surface area (Å²) in [6, 6.07) is 13.8. The Bertz CT molecular complexity index is 549. The molecule has 0 aromatic heterocycles. The lowest BCUT2D eigenvalue weighted by Crippen LogP contribution is -2.04. The van der Waals surface area contributed by atoms with Gasteiger partial charge in [0.15, 0.2) is 0 Å². The Balaban J connectivity index is 2.21. The number of rotatable bonds is 3. The highest BCUT2D eigenvalue weighted by molar-refractivity contribution is 6.30. The fourth-order valence-corrected chi connectivity index (χ4v) is 2.33. The van der Waals surface area contributed by atoms with Gasteiger partial charge in [-0.3, -0.25) is 0 Å². The Hall–Kier alpha value is -1.31. The van der Waals surface area contributed by atoms with E-state index in [-0.39, 0.29) is 0 Å². The van der Waals surface area contributed by atoms with Crippen molar-refractivity contribution in [2.45, 2.75) is 26.4 Å². The standard InChI is InChI=1S/C16H17ClO/c1-11-6-7-12(2)15(8-11)16(18)10-13-4-3-5-14(17)9-13/h3-9,16,18H,10H2,1-2H3. The number of aryl methyl sites for hydroxylation is 2. The van der Waals surface area contributed by atoms with Crippen molar-refractivity contribution in [1.82, 2.24) is 0 Å². The summed E-state index contributed by atoms with van der Waals surface area (Å²) in [7, 11) is 0. The van der Waals surface area contributed by atoms with Crippen LogP contribution < -0.4 is 0 Å². The molecule has 0 bridgehead atoms. The van der Waals surface area contributed by atoms with E-state index >= 15 is 0 Å². The Labute approximate surface area is 113 Å². The predicted molar refractivity (Wildman–Crippen MR) is 76.0 cm³/mol. The van der Waals surface area contributed by atoms with E-state index in [2.05, 4.69) is 6.07 Å². The molecule has 0 radical (unpaired) electrons. The number of aliphatic hydroxyl groups is 1. The maximum absolute atomic E-state index is 10.3. The third kappa shape index (κ3) is 3.12. The van der Waals surface area contributed by atoms with Gasteiger partial charge in [0, 0.05) is 11.4 Å². The highest BCUT2D eigenvalue weighted by atomic mass is 35.5. The van der Waals surface area contributed by atoms with E-state index in [0.29, 0.717) is 11.4 Å². The van der Waals surface area contributed by atoms with E-state index in [0.717, 1.165) is 16.7 Å². The predicted octanol–water partition coefficient (Wildman–Crippen LogP) is 4.23. The molecule has 94 valence electrons. The number of hydrogen-bond acceptors (Lipinski definition) is 1. The minimum atomic E-state index is -0.483. The lowest BCUT2D eigenvalue weighted by Gasteiger charge is -2.14. The molecule has 2 heteroatoms. The van der Waals surface area contributed by atoms with Crippen LogP contribution in [0, 0.1) is 13.8 Å². The molecule has 0 aliphatic carbocycles. The number of halogens is 1. The van der Waals surface area contributed by atoms with Crippen LogP contribution in [0.25, 0.3) is 0 Å². The van der Waals surface area contributed by atoms with Crippen LogP contribution in [0.15, 0.2) is 42.5 Å². The molecule has 2 aromatic rings. The molecule has 1 N–H and O–H groups in total. The van der Waals surface area contributed by atoms with Crippen molar-refractivity contribution >= 4 is 11.6 Å². The van der Waals surface area contributed by atoms with Gasteiger partial charge in [0.2, 0.25) is 0 Å². The van der Waals surface area contributed by atoms with E-state index < -0.39 is 6.10 Å². The third-order valence-corrected chi connectivity index (χ3v) is 3.35. The fraction of sp³-hybridized carbons (Fsp3) is 0.250. The van der Waals surface area contributed by atoms with Gasteiger partial charge in [0.05, 0.1) is 6.10 Å². The summed E-state index contributed by atoms with van der Waals surface area (Å²) in [6.07, 6.45) is 0.105. The Morgan fingerprint density at radius 3 is 2.61 bits per heavy atom. The van der Waals surface area contributed by atoms with Crippen molar-refractivity contribution in [1.29, 1.82) is 0 Å². The Morgan fingerprint density at radius 1 is 1.11 bits per heavy atom. The van der Waals surface area contributed by atoms with Crippen LogP contribution in [0.5, 0.6) is 0 Å². The van der Waals surface area contributed by atoms with E-state index in [1.165, 1.54) is 5.56 Å². The van der Waals surface area contributed by atoms with E-state index in [1.54, 1.807) is 0 Å². The smallest absolute Gasteiger partial charge is 0.0833 e. The van der Waals surface area contributed by atoms with Crippen molar-refractivity contribution in [3.05, 3.63) is 69.7 Å². The minimum Gasteiger partial charge on any atom is -0.388 e. The average molecular weight is 261 g/mol. The maximum atomic E-state index is 10.3. The number of hydrogen-bond donors (Lipinski definition) is 1. The zero-order chi connectivity index (χ0) is 13.1. The maximum Gasteiger partial charge on any atom is 0.0833 e. The van der Waals surface area contributed by atoms with Crippen LogP contribution in [-0.4, -0.2) is 5.11 Å². The average Bonchev–Trinajstić information content (AvgIpc) is 2.32. The summed E-state index contributed by atoms with van der Waals surface area (Å²) in [5, 5.41) is 11.0. The van der Waals surface area contributed by atoms with Crippen LogP contribution in [0.4, 0.5) is 0 Å². The normalized spacial score (nSPS) is 12.4. The first-order valence-corrected chi connectivity index (χ1v) is 6.44. The quantitative estimate of drug-likeness (QED) is 0.876. The lowest BCUT2D eigenvalue weighted by atomic mass is 9.96. The molecule has 0 amide bonds. The van der Waals surface area contributed by atoms with Gasteiger partial charge in [0.25, 0.3) is 0 Å². The van der Waals surface area contributed by atoms with Crippen LogP contribution in [0.1, 0.15) is 28.4 Å². The van der Waals surface area contributed by atoms with Crippen molar-refractivity contribution in [2.75, 3.05) is 0 Å². The van der Waals surface area contributed by atoms with Gasteiger partial charge in [0.1, 0.15) is 0 Å². The monoisotopic (exact) mass is 260 g/mol. The molecule has 2 rings (SSSR count).